The average molecular weight is 440 g/mol. The molecule has 9 heteroatoms. The van der Waals surface area contributed by atoms with Crippen LogP contribution >= 0.6 is 0 Å². The Balaban J connectivity index is 1.41. The van der Waals surface area contributed by atoms with E-state index in [-0.39, 0.29) is 18.2 Å². The molecular formula is C21H33N3O5S. The van der Waals surface area contributed by atoms with Gasteiger partial charge in [-0.3, -0.25) is 0 Å². The number of urea groups is 1. The third kappa shape index (κ3) is 6.58. The minimum atomic E-state index is -3.29. The number of carbonyl (C=O) groups excluding carboxylic acids is 1. The van der Waals surface area contributed by atoms with Gasteiger partial charge in [0, 0.05) is 31.4 Å². The lowest BCUT2D eigenvalue weighted by molar-refractivity contribution is -0.0110. The van der Waals surface area contributed by atoms with Crippen molar-refractivity contribution in [3.63, 3.8) is 0 Å². The number of sulfonamides is 1. The van der Waals surface area contributed by atoms with Gasteiger partial charge < -0.3 is 19.7 Å². The monoisotopic (exact) mass is 439 g/mol. The van der Waals surface area contributed by atoms with E-state index in [1.165, 1.54) is 6.42 Å². The maximum absolute atomic E-state index is 12.5. The molecule has 0 spiro atoms. The van der Waals surface area contributed by atoms with Gasteiger partial charge in [-0.15, -0.1) is 0 Å². The van der Waals surface area contributed by atoms with E-state index < -0.39 is 15.3 Å². The molecule has 2 aliphatic rings. The molecule has 0 radical (unpaired) electrons. The summed E-state index contributed by atoms with van der Waals surface area (Å²) in [6, 6.07) is 7.02. The molecule has 2 amide bonds. The summed E-state index contributed by atoms with van der Waals surface area (Å²) in [5.41, 5.74) is 0.698. The van der Waals surface area contributed by atoms with Crippen molar-refractivity contribution in [1.82, 2.24) is 9.62 Å². The molecule has 2 heterocycles. The Morgan fingerprint density at radius 3 is 2.47 bits per heavy atom. The van der Waals surface area contributed by atoms with E-state index in [9.17, 15) is 13.2 Å². The third-order valence-electron chi connectivity index (χ3n) is 5.55. The molecule has 3 rings (SSSR count). The van der Waals surface area contributed by atoms with Crippen LogP contribution in [0.4, 0.5) is 10.5 Å². The van der Waals surface area contributed by atoms with Crippen LogP contribution in [0.3, 0.4) is 0 Å². The van der Waals surface area contributed by atoms with Gasteiger partial charge in [0.25, 0.3) is 0 Å². The SMILES string of the molecule is CC(C)S(=O)(=O)NC1CCN(C(=O)Nc2ccc(OCC3CCCCO3)cc2)CC1. The van der Waals surface area contributed by atoms with Gasteiger partial charge in [0.05, 0.1) is 11.4 Å². The van der Waals surface area contributed by atoms with Crippen LogP contribution in [-0.4, -0.2) is 63.0 Å². The molecule has 1 unspecified atom stereocenters. The molecule has 2 N–H and O–H groups in total. The average Bonchev–Trinajstić information content (AvgIpc) is 2.74. The van der Waals surface area contributed by atoms with Crippen molar-refractivity contribution >= 4 is 21.7 Å². The third-order valence-corrected chi connectivity index (χ3v) is 7.45. The van der Waals surface area contributed by atoms with E-state index in [0.29, 0.717) is 38.2 Å². The Hall–Kier alpha value is -1.84. The zero-order chi connectivity index (χ0) is 21.6. The standard InChI is InChI=1S/C21H33N3O5S/c1-16(2)30(26,27)23-18-10-12-24(13-11-18)21(25)22-17-6-8-19(9-7-17)29-15-20-5-3-4-14-28-20/h6-9,16,18,20,23H,3-5,10-15H2,1-2H3,(H,22,25). The Labute approximate surface area is 179 Å². The molecule has 2 fully saturated rings. The summed E-state index contributed by atoms with van der Waals surface area (Å²) in [5.74, 6) is 0.750. The summed E-state index contributed by atoms with van der Waals surface area (Å²) < 4.78 is 38.2. The molecule has 0 saturated carbocycles. The molecule has 168 valence electrons. The zero-order valence-corrected chi connectivity index (χ0v) is 18.6. The number of piperidine rings is 1. The fourth-order valence-corrected chi connectivity index (χ4v) is 4.51. The van der Waals surface area contributed by atoms with E-state index in [4.69, 9.17) is 9.47 Å². The van der Waals surface area contributed by atoms with Crippen LogP contribution in [0.1, 0.15) is 46.0 Å². The zero-order valence-electron chi connectivity index (χ0n) is 17.8. The molecule has 30 heavy (non-hydrogen) atoms. The van der Waals surface area contributed by atoms with Gasteiger partial charge in [0.15, 0.2) is 0 Å². The molecule has 0 aliphatic carbocycles. The van der Waals surface area contributed by atoms with Gasteiger partial charge in [-0.1, -0.05) is 0 Å². The fourth-order valence-electron chi connectivity index (χ4n) is 3.53. The van der Waals surface area contributed by atoms with Gasteiger partial charge in [0.2, 0.25) is 10.0 Å². The van der Waals surface area contributed by atoms with Crippen molar-refractivity contribution in [2.75, 3.05) is 31.6 Å². The van der Waals surface area contributed by atoms with E-state index in [1.807, 2.05) is 24.3 Å². The lowest BCUT2D eigenvalue weighted by Crippen LogP contribution is -2.48. The number of ether oxygens (including phenoxy) is 2. The van der Waals surface area contributed by atoms with Crippen molar-refractivity contribution in [2.45, 2.75) is 63.3 Å². The summed E-state index contributed by atoms with van der Waals surface area (Å²) >= 11 is 0. The number of nitrogens with one attached hydrogen (secondary N) is 2. The highest BCUT2D eigenvalue weighted by atomic mass is 32.2. The molecule has 0 aromatic heterocycles. The van der Waals surface area contributed by atoms with Crippen LogP contribution in [0.25, 0.3) is 0 Å². The summed E-state index contributed by atoms with van der Waals surface area (Å²) in [6.45, 7) is 5.69. The highest BCUT2D eigenvalue weighted by Crippen LogP contribution is 2.20. The number of carbonyl (C=O) groups is 1. The molecule has 1 aromatic rings. The normalized spacial score (nSPS) is 20.9. The lowest BCUT2D eigenvalue weighted by atomic mass is 10.1. The van der Waals surface area contributed by atoms with Crippen LogP contribution in [-0.2, 0) is 14.8 Å². The number of hydrogen-bond donors (Lipinski definition) is 2. The first-order valence-corrected chi connectivity index (χ1v) is 12.3. The summed E-state index contributed by atoms with van der Waals surface area (Å²) in [6.07, 6.45) is 4.70. The van der Waals surface area contributed by atoms with Gasteiger partial charge in [-0.05, 0) is 70.2 Å². The minimum Gasteiger partial charge on any atom is -0.491 e. The predicted molar refractivity (Wildman–Crippen MR) is 116 cm³/mol. The summed E-state index contributed by atoms with van der Waals surface area (Å²) in [4.78, 5) is 14.2. The first-order valence-electron chi connectivity index (χ1n) is 10.7. The Bertz CT molecular complexity index is 783. The maximum Gasteiger partial charge on any atom is 0.321 e. The smallest absolute Gasteiger partial charge is 0.321 e. The highest BCUT2D eigenvalue weighted by Gasteiger charge is 2.27. The van der Waals surface area contributed by atoms with E-state index in [0.717, 1.165) is 25.2 Å². The molecule has 2 saturated heterocycles. The Morgan fingerprint density at radius 1 is 1.17 bits per heavy atom. The van der Waals surface area contributed by atoms with Gasteiger partial charge >= 0.3 is 6.03 Å². The van der Waals surface area contributed by atoms with E-state index in [2.05, 4.69) is 10.0 Å². The first kappa shape index (κ1) is 22.8. The largest absolute Gasteiger partial charge is 0.491 e. The van der Waals surface area contributed by atoms with Crippen molar-refractivity contribution < 1.29 is 22.7 Å². The number of rotatable bonds is 7. The number of hydrogen-bond acceptors (Lipinski definition) is 5. The first-order chi connectivity index (χ1) is 14.3. The van der Waals surface area contributed by atoms with Crippen LogP contribution in [0.2, 0.25) is 0 Å². The number of benzene rings is 1. The topological polar surface area (TPSA) is 97.0 Å². The second-order valence-corrected chi connectivity index (χ2v) is 10.5. The van der Waals surface area contributed by atoms with E-state index >= 15 is 0 Å². The van der Waals surface area contributed by atoms with Crippen molar-refractivity contribution in [3.8, 4) is 5.75 Å². The van der Waals surface area contributed by atoms with Crippen LogP contribution in [0, 0.1) is 0 Å². The minimum absolute atomic E-state index is 0.119. The second-order valence-electron chi connectivity index (χ2n) is 8.23. The number of amides is 2. The summed E-state index contributed by atoms with van der Waals surface area (Å²) in [7, 11) is -3.29. The maximum atomic E-state index is 12.5. The molecule has 2 aliphatic heterocycles. The van der Waals surface area contributed by atoms with Crippen LogP contribution in [0.5, 0.6) is 5.75 Å². The fraction of sp³-hybridized carbons (Fsp3) is 0.667. The molecule has 0 bridgehead atoms. The van der Waals surface area contributed by atoms with Crippen molar-refractivity contribution in [2.24, 2.45) is 0 Å². The molecule has 8 nitrogen and oxygen atoms in total. The number of likely N-dealkylation sites (tertiary alicyclic amines) is 1. The van der Waals surface area contributed by atoms with Crippen molar-refractivity contribution in [3.05, 3.63) is 24.3 Å². The quantitative estimate of drug-likeness (QED) is 0.681. The second kappa shape index (κ2) is 10.5. The Morgan fingerprint density at radius 2 is 1.87 bits per heavy atom. The van der Waals surface area contributed by atoms with Crippen LogP contribution < -0.4 is 14.8 Å². The number of anilines is 1. The van der Waals surface area contributed by atoms with Gasteiger partial charge in [0.1, 0.15) is 12.4 Å². The number of nitrogens with zero attached hydrogens (tertiary/aromatic N) is 1. The summed E-state index contributed by atoms with van der Waals surface area (Å²) in [5, 5.41) is 2.44. The molecular weight excluding hydrogens is 406 g/mol. The predicted octanol–water partition coefficient (Wildman–Crippen LogP) is 2.96. The van der Waals surface area contributed by atoms with E-state index in [1.54, 1.807) is 18.7 Å². The molecule has 1 aromatic carbocycles. The lowest BCUT2D eigenvalue weighted by Gasteiger charge is -2.32. The Kier molecular flexibility index (Phi) is 7.96. The highest BCUT2D eigenvalue weighted by molar-refractivity contribution is 7.90. The van der Waals surface area contributed by atoms with Crippen LogP contribution in [0.15, 0.2) is 24.3 Å². The van der Waals surface area contributed by atoms with Gasteiger partial charge in [-0.25, -0.2) is 17.9 Å². The molecule has 1 atom stereocenters. The van der Waals surface area contributed by atoms with Crippen molar-refractivity contribution in [1.29, 1.82) is 0 Å². The van der Waals surface area contributed by atoms with Gasteiger partial charge in [-0.2, -0.15) is 0 Å².